The van der Waals surface area contributed by atoms with E-state index in [1.54, 1.807) is 24.0 Å². The molecule has 0 aliphatic rings. The van der Waals surface area contributed by atoms with Gasteiger partial charge in [0.25, 0.3) is 5.91 Å². The van der Waals surface area contributed by atoms with Crippen LogP contribution in [0.3, 0.4) is 0 Å². The van der Waals surface area contributed by atoms with E-state index < -0.39 is 18.1 Å². The molecule has 1 atom stereocenters. The first-order valence-corrected chi connectivity index (χ1v) is 7.52. The van der Waals surface area contributed by atoms with Gasteiger partial charge >= 0.3 is 6.18 Å². The second-order valence-corrected chi connectivity index (χ2v) is 5.93. The number of carbonyl (C=O) groups excluding carboxylic acids is 1. The molecule has 3 rings (SSSR count). The predicted molar refractivity (Wildman–Crippen MR) is 86.0 cm³/mol. The number of aryl methyl sites for hydroxylation is 2. The van der Waals surface area contributed by atoms with Crippen molar-refractivity contribution < 1.29 is 18.0 Å². The van der Waals surface area contributed by atoms with Crippen LogP contribution in [0.25, 0.3) is 22.0 Å². The molecule has 0 fully saturated rings. The number of alkyl halides is 3. The Kier molecular flexibility index (Phi) is 4.02. The van der Waals surface area contributed by atoms with Gasteiger partial charge in [0.1, 0.15) is 11.7 Å². The van der Waals surface area contributed by atoms with Gasteiger partial charge < -0.3 is 5.32 Å². The molecule has 2 N–H and O–H groups in total. The monoisotopic (exact) mass is 351 g/mol. The Labute approximate surface area is 141 Å². The number of nitrogens with one attached hydrogen (secondary N) is 2. The largest absolute Gasteiger partial charge is 0.408 e. The molecule has 0 spiro atoms. The normalized spacial score (nSPS) is 13.2. The molecule has 0 aliphatic heterocycles. The molecule has 1 aromatic carbocycles. The molecule has 3 aromatic rings. The van der Waals surface area contributed by atoms with E-state index in [2.05, 4.69) is 15.3 Å². The fourth-order valence-corrected chi connectivity index (χ4v) is 2.55. The molecule has 1 amide bonds. The summed E-state index contributed by atoms with van der Waals surface area (Å²) in [6, 6.07) is 1.65. The molecule has 0 bridgehead atoms. The van der Waals surface area contributed by atoms with Gasteiger partial charge in [0.15, 0.2) is 0 Å². The summed E-state index contributed by atoms with van der Waals surface area (Å²) in [6.07, 6.45) is -1.03. The minimum absolute atomic E-state index is 0.0000553. The number of benzene rings is 1. The molecule has 0 saturated carbocycles. The van der Waals surface area contributed by atoms with Crippen molar-refractivity contribution in [3.8, 4) is 11.1 Å². The molecule has 0 radical (unpaired) electrons. The van der Waals surface area contributed by atoms with E-state index in [0.29, 0.717) is 10.9 Å². The Morgan fingerprint density at radius 3 is 2.64 bits per heavy atom. The lowest BCUT2D eigenvalue weighted by atomic mass is 10.0. The van der Waals surface area contributed by atoms with Crippen LogP contribution in [-0.4, -0.2) is 38.1 Å². The average molecular weight is 351 g/mol. The van der Waals surface area contributed by atoms with E-state index in [0.717, 1.165) is 23.6 Å². The number of hydrogen-bond acceptors (Lipinski definition) is 3. The van der Waals surface area contributed by atoms with Crippen LogP contribution in [0.1, 0.15) is 23.0 Å². The highest BCUT2D eigenvalue weighted by atomic mass is 19.4. The standard InChI is InChI=1S/C16H16F3N5O/c1-8-4-10(11-6-20-24(3)7-11)5-12-13(8)22-23-14(12)15(25)21-9(2)16(17,18)19/h4-7,9H,1-3H3,(H,21,25)(H,22,23)/t9-/m0/s1. The highest BCUT2D eigenvalue weighted by Crippen LogP contribution is 2.28. The number of nitrogens with zero attached hydrogens (tertiary/aromatic N) is 3. The van der Waals surface area contributed by atoms with Gasteiger partial charge in [-0.25, -0.2) is 0 Å². The fourth-order valence-electron chi connectivity index (χ4n) is 2.55. The molecule has 2 aromatic heterocycles. The Balaban J connectivity index is 2.02. The summed E-state index contributed by atoms with van der Waals surface area (Å²) in [5.74, 6) is -0.852. The molecular weight excluding hydrogens is 335 g/mol. The lowest BCUT2D eigenvalue weighted by molar-refractivity contribution is -0.149. The van der Waals surface area contributed by atoms with Gasteiger partial charge in [0, 0.05) is 24.2 Å². The van der Waals surface area contributed by atoms with Crippen LogP contribution in [0, 0.1) is 6.92 Å². The van der Waals surface area contributed by atoms with E-state index >= 15 is 0 Å². The van der Waals surface area contributed by atoms with Crippen molar-refractivity contribution in [1.82, 2.24) is 25.3 Å². The molecule has 9 heteroatoms. The van der Waals surface area contributed by atoms with E-state index in [4.69, 9.17) is 0 Å². The highest BCUT2D eigenvalue weighted by Gasteiger charge is 2.37. The lowest BCUT2D eigenvalue weighted by Crippen LogP contribution is -2.43. The number of fused-ring (bicyclic) bond motifs is 1. The van der Waals surface area contributed by atoms with Crippen LogP contribution in [0.2, 0.25) is 0 Å². The van der Waals surface area contributed by atoms with Crippen LogP contribution in [-0.2, 0) is 7.05 Å². The third-order valence-electron chi connectivity index (χ3n) is 3.95. The summed E-state index contributed by atoms with van der Waals surface area (Å²) in [4.78, 5) is 12.2. The van der Waals surface area contributed by atoms with E-state index in [1.807, 2.05) is 24.5 Å². The lowest BCUT2D eigenvalue weighted by Gasteiger charge is -2.16. The Hall–Kier alpha value is -2.84. The van der Waals surface area contributed by atoms with E-state index in [9.17, 15) is 18.0 Å². The van der Waals surface area contributed by atoms with E-state index in [-0.39, 0.29) is 5.69 Å². The number of hydrogen-bond donors (Lipinski definition) is 2. The fraction of sp³-hybridized carbons (Fsp3) is 0.312. The third kappa shape index (κ3) is 3.21. The summed E-state index contributed by atoms with van der Waals surface area (Å²) >= 11 is 0. The molecule has 25 heavy (non-hydrogen) atoms. The van der Waals surface area contributed by atoms with Gasteiger partial charge in [0.2, 0.25) is 0 Å². The second-order valence-electron chi connectivity index (χ2n) is 5.93. The minimum atomic E-state index is -4.51. The van der Waals surface area contributed by atoms with Gasteiger partial charge in [-0.05, 0) is 37.1 Å². The van der Waals surface area contributed by atoms with Crippen LogP contribution in [0.5, 0.6) is 0 Å². The van der Waals surface area contributed by atoms with Gasteiger partial charge in [-0.15, -0.1) is 0 Å². The molecule has 0 saturated heterocycles. The van der Waals surface area contributed by atoms with Crippen LogP contribution in [0.15, 0.2) is 24.5 Å². The number of aromatic amines is 1. The van der Waals surface area contributed by atoms with Gasteiger partial charge in [0.05, 0.1) is 11.7 Å². The maximum Gasteiger partial charge on any atom is 0.408 e. The van der Waals surface area contributed by atoms with Crippen LogP contribution < -0.4 is 5.32 Å². The average Bonchev–Trinajstić information content (AvgIpc) is 3.12. The molecular formula is C16H16F3N5O. The van der Waals surface area contributed by atoms with Crippen LogP contribution >= 0.6 is 0 Å². The maximum atomic E-state index is 12.7. The van der Waals surface area contributed by atoms with Gasteiger partial charge in [-0.3, -0.25) is 14.6 Å². The number of H-pyrrole nitrogens is 1. The molecule has 6 nitrogen and oxygen atoms in total. The van der Waals surface area contributed by atoms with Gasteiger partial charge in [-0.2, -0.15) is 23.4 Å². The first-order chi connectivity index (χ1) is 11.7. The number of carbonyl (C=O) groups is 1. The minimum Gasteiger partial charge on any atom is -0.339 e. The zero-order chi connectivity index (χ0) is 18.4. The quantitative estimate of drug-likeness (QED) is 0.762. The second kappa shape index (κ2) is 5.91. The first-order valence-electron chi connectivity index (χ1n) is 7.52. The number of amides is 1. The summed E-state index contributed by atoms with van der Waals surface area (Å²) in [6.45, 7) is 2.71. The number of rotatable bonds is 3. The summed E-state index contributed by atoms with van der Waals surface area (Å²) < 4.78 is 39.6. The van der Waals surface area contributed by atoms with Crippen LogP contribution in [0.4, 0.5) is 13.2 Å². The van der Waals surface area contributed by atoms with Crippen molar-refractivity contribution in [1.29, 1.82) is 0 Å². The summed E-state index contributed by atoms with van der Waals surface area (Å²) in [5.41, 5.74) is 2.98. The summed E-state index contributed by atoms with van der Waals surface area (Å²) in [7, 11) is 1.78. The third-order valence-corrected chi connectivity index (χ3v) is 3.95. The zero-order valence-corrected chi connectivity index (χ0v) is 13.8. The Bertz CT molecular complexity index is 941. The smallest absolute Gasteiger partial charge is 0.339 e. The van der Waals surface area contributed by atoms with Crippen molar-refractivity contribution in [3.63, 3.8) is 0 Å². The Morgan fingerprint density at radius 1 is 1.32 bits per heavy atom. The predicted octanol–water partition coefficient (Wildman–Crippen LogP) is 2.95. The van der Waals surface area contributed by atoms with Gasteiger partial charge in [-0.1, -0.05) is 0 Å². The molecule has 0 aliphatic carbocycles. The molecule has 0 unspecified atom stereocenters. The molecule has 2 heterocycles. The maximum absolute atomic E-state index is 12.7. The summed E-state index contributed by atoms with van der Waals surface area (Å²) in [5, 5.41) is 13.1. The van der Waals surface area contributed by atoms with Crippen molar-refractivity contribution in [2.24, 2.45) is 7.05 Å². The highest BCUT2D eigenvalue weighted by molar-refractivity contribution is 6.06. The van der Waals surface area contributed by atoms with E-state index in [1.165, 1.54) is 0 Å². The topological polar surface area (TPSA) is 75.6 Å². The van der Waals surface area contributed by atoms with Crippen molar-refractivity contribution in [2.75, 3.05) is 0 Å². The first kappa shape index (κ1) is 17.0. The zero-order valence-electron chi connectivity index (χ0n) is 13.8. The van der Waals surface area contributed by atoms with Crippen molar-refractivity contribution in [3.05, 3.63) is 35.8 Å². The van der Waals surface area contributed by atoms with Crippen molar-refractivity contribution in [2.45, 2.75) is 26.1 Å². The molecule has 132 valence electrons. The SMILES string of the molecule is Cc1cc(-c2cnn(C)c2)cc2c(C(=O)N[C@@H](C)C(F)(F)F)[nH]nc12. The Morgan fingerprint density at radius 2 is 2.04 bits per heavy atom. The number of aromatic nitrogens is 4. The van der Waals surface area contributed by atoms with Crippen molar-refractivity contribution >= 4 is 16.8 Å². The number of halogens is 3.